The van der Waals surface area contributed by atoms with Gasteiger partial charge in [0.15, 0.2) is 17.8 Å². The van der Waals surface area contributed by atoms with Crippen molar-refractivity contribution >= 4 is 34.9 Å². The number of hydrogen-bond donors (Lipinski definition) is 7. The number of nitrogens with one attached hydrogen (secondary N) is 7. The minimum atomic E-state index is -0.217. The summed E-state index contributed by atoms with van der Waals surface area (Å²) in [6, 6.07) is 22.8. The molecule has 2 heterocycles. The van der Waals surface area contributed by atoms with Crippen LogP contribution in [0.3, 0.4) is 0 Å². The van der Waals surface area contributed by atoms with Crippen molar-refractivity contribution in [3.05, 3.63) is 101 Å². The first-order valence-corrected chi connectivity index (χ1v) is 21.4. The van der Waals surface area contributed by atoms with Crippen LogP contribution in [0.5, 0.6) is 17.2 Å². The predicted molar refractivity (Wildman–Crippen MR) is 266 cm³/mol. The van der Waals surface area contributed by atoms with Crippen LogP contribution >= 0.6 is 0 Å². The van der Waals surface area contributed by atoms with Crippen LogP contribution in [0.25, 0.3) is 0 Å². The van der Waals surface area contributed by atoms with E-state index in [0.717, 1.165) is 52.8 Å². The largest absolute Gasteiger partial charge is 0.496 e. The Hall–Kier alpha value is -6.06. The van der Waals surface area contributed by atoms with E-state index >= 15 is 0 Å². The molecule has 1 aromatic heterocycles. The lowest BCUT2D eigenvalue weighted by atomic mass is 9.95. The summed E-state index contributed by atoms with van der Waals surface area (Å²) in [5.74, 6) is 4.68. The number of methoxy groups -OCH3 is 3. The lowest BCUT2D eigenvalue weighted by molar-refractivity contribution is 0.00822. The fraction of sp³-hybridized carbons (Fsp3) is 0.447. The second-order valence-corrected chi connectivity index (χ2v) is 14.0. The van der Waals surface area contributed by atoms with E-state index < -0.39 is 0 Å². The highest BCUT2D eigenvalue weighted by molar-refractivity contribution is 5.97. The first kappa shape index (κ1) is 50.3. The second-order valence-electron chi connectivity index (χ2n) is 14.0. The molecule has 4 aromatic rings. The van der Waals surface area contributed by atoms with Gasteiger partial charge >= 0.3 is 0 Å². The number of carbonyl (C=O) groups excluding carboxylic acids is 1. The number of ether oxygens (including phenoxy) is 4. The molecule has 1 fully saturated rings. The molecule has 3 aromatic carbocycles. The highest BCUT2D eigenvalue weighted by Crippen LogP contribution is 2.37. The maximum Gasteiger partial charge on any atom is 0.255 e. The quantitative estimate of drug-likeness (QED) is 0.0531. The van der Waals surface area contributed by atoms with Gasteiger partial charge in [0.05, 0.1) is 26.4 Å². The number of aromatic nitrogens is 2. The molecule has 350 valence electrons. The summed E-state index contributed by atoms with van der Waals surface area (Å²) in [7, 11) is 10.5. The zero-order valence-electron chi connectivity index (χ0n) is 38.7. The number of anilines is 4. The Labute approximate surface area is 378 Å². The molecule has 7 N–H and O–H groups in total. The van der Waals surface area contributed by atoms with Gasteiger partial charge in [-0.2, -0.15) is 4.98 Å². The summed E-state index contributed by atoms with van der Waals surface area (Å²) in [4.78, 5) is 25.6. The maximum absolute atomic E-state index is 12.6. The van der Waals surface area contributed by atoms with E-state index in [4.69, 9.17) is 18.9 Å². The molecule has 1 saturated carbocycles. The van der Waals surface area contributed by atoms with Crippen molar-refractivity contribution in [3.63, 3.8) is 0 Å². The predicted octanol–water partition coefficient (Wildman–Crippen LogP) is 9.54. The normalized spacial score (nSPS) is 17.3. The highest BCUT2D eigenvalue weighted by Gasteiger charge is 2.34. The van der Waals surface area contributed by atoms with Gasteiger partial charge in [0.25, 0.3) is 5.91 Å². The number of rotatable bonds is 16. The molecule has 1 aliphatic heterocycles. The van der Waals surface area contributed by atoms with Gasteiger partial charge in [0.2, 0.25) is 5.95 Å². The van der Waals surface area contributed by atoms with Crippen LogP contribution in [0.1, 0.15) is 84.1 Å². The van der Waals surface area contributed by atoms with Crippen LogP contribution < -0.4 is 51.4 Å². The van der Waals surface area contributed by atoms with E-state index in [9.17, 15) is 4.79 Å². The molecule has 15 heteroatoms. The standard InChI is InChI=1S/C22H33N5O3.C21H25N5O2.2C2H6.6H2/c1-14-11-20(23-2)27-22(25-14)26-16-9-10-18(28-4)19(12-16)30-13-15-7-6-8-17(15)21(24-3)29-5;1-14-11-19(22-2)26-21(24-14)25-16-9-10-17(18(12-16)28-3)20(27)23-13-15-7-5-4-6-8-15;2*1-2;;;;;;/h9-12,15,17,21,24H,6-8,13H2,1-5H3,(H2,23,25,26,27);4-12,21,24-25H,13H2,1-3H3,(H,22,26)(H,23,27);2*1-2H3;6*1H/t15-,17-,21?;;;;;;;;;/m1........./s1. The van der Waals surface area contributed by atoms with Crippen molar-refractivity contribution in [1.82, 2.24) is 31.2 Å². The van der Waals surface area contributed by atoms with E-state index in [1.165, 1.54) is 6.42 Å². The minimum absolute atomic E-state index is 0. The smallest absolute Gasteiger partial charge is 0.255 e. The molecular weight excluding hydrogens is 785 g/mol. The van der Waals surface area contributed by atoms with Crippen LogP contribution in [0.4, 0.5) is 23.1 Å². The molecule has 2 unspecified atom stereocenters. The summed E-state index contributed by atoms with van der Waals surface area (Å²) in [5.41, 5.74) is 5.06. The molecule has 0 saturated heterocycles. The summed E-state index contributed by atoms with van der Waals surface area (Å²) in [6.07, 6.45) is 5.24. The molecule has 1 amide bonds. The summed E-state index contributed by atoms with van der Waals surface area (Å²) in [6.45, 7) is 13.0. The van der Waals surface area contributed by atoms with Crippen LogP contribution in [-0.2, 0) is 11.3 Å². The zero-order valence-corrected chi connectivity index (χ0v) is 38.7. The average molecular weight is 867 g/mol. The van der Waals surface area contributed by atoms with Crippen LogP contribution in [0.2, 0.25) is 0 Å². The third-order valence-electron chi connectivity index (χ3n) is 9.94. The van der Waals surface area contributed by atoms with E-state index in [2.05, 4.69) is 52.2 Å². The molecule has 1 aliphatic carbocycles. The number of hydrogen-bond acceptors (Lipinski definition) is 13. The minimum Gasteiger partial charge on any atom is -0.496 e. The zero-order chi connectivity index (χ0) is 45.4. The molecule has 4 atom stereocenters. The Morgan fingerprint density at radius 2 is 1.58 bits per heavy atom. The van der Waals surface area contributed by atoms with Gasteiger partial charge in [0.1, 0.15) is 23.6 Å². The number of amides is 1. The van der Waals surface area contributed by atoms with Gasteiger partial charge in [-0.3, -0.25) is 15.1 Å². The number of aliphatic imine (C=N–C) groups is 1. The number of aryl methyl sites for hydroxylation is 1. The van der Waals surface area contributed by atoms with Gasteiger partial charge in [-0.1, -0.05) is 64.4 Å². The molecule has 2 aliphatic rings. The third kappa shape index (κ3) is 15.1. The number of benzene rings is 3. The van der Waals surface area contributed by atoms with Crippen molar-refractivity contribution in [1.29, 1.82) is 0 Å². The number of allylic oxidation sites excluding steroid dienone is 1. The fourth-order valence-electron chi connectivity index (χ4n) is 7.03. The van der Waals surface area contributed by atoms with Gasteiger partial charge < -0.3 is 50.8 Å². The first-order chi connectivity index (χ1) is 30.2. The van der Waals surface area contributed by atoms with Gasteiger partial charge in [-0.15, -0.1) is 0 Å². The summed E-state index contributed by atoms with van der Waals surface area (Å²) >= 11 is 0. The molecule has 0 bridgehead atoms. The Morgan fingerprint density at radius 1 is 0.871 bits per heavy atom. The first-order valence-electron chi connectivity index (χ1n) is 21.4. The maximum atomic E-state index is 12.6. The Balaban J connectivity index is -0.000000519. The fourth-order valence-corrected chi connectivity index (χ4v) is 7.03. The van der Waals surface area contributed by atoms with Crippen molar-refractivity contribution in [2.24, 2.45) is 16.8 Å². The molecule has 0 spiro atoms. The van der Waals surface area contributed by atoms with Gasteiger partial charge in [-0.05, 0) is 75.6 Å². The Kier molecular flexibility index (Phi) is 21.9. The van der Waals surface area contributed by atoms with E-state index in [1.807, 2.05) is 122 Å². The van der Waals surface area contributed by atoms with Crippen LogP contribution in [-0.4, -0.2) is 83.3 Å². The summed E-state index contributed by atoms with van der Waals surface area (Å²) < 4.78 is 22.8. The highest BCUT2D eigenvalue weighted by atomic mass is 16.5. The molecular formula is C47H82N10O5. The SMILES string of the molecule is CC.CC.CN=C1C=C(C)NC(Nc2ccc(C(=O)NCc3ccccc3)c(OC)c2)N1.CNc1cc(C)nc(Nc2ccc(OC)c(OC[C@H]3CCC[C@H]3C(NC)OC)c2)n1.[HH].[HH].[HH].[HH].[HH].[HH]. The number of carbonyl (C=O) groups is 1. The monoisotopic (exact) mass is 867 g/mol. The van der Waals surface area contributed by atoms with Crippen molar-refractivity contribution in [3.8, 4) is 17.2 Å². The second kappa shape index (κ2) is 27.0. The lowest BCUT2D eigenvalue weighted by Gasteiger charge is -2.28. The van der Waals surface area contributed by atoms with Gasteiger partial charge in [-0.25, -0.2) is 4.98 Å². The molecule has 0 radical (unpaired) electrons. The topological polar surface area (TPSA) is 176 Å². The van der Waals surface area contributed by atoms with E-state index in [1.54, 1.807) is 40.5 Å². The van der Waals surface area contributed by atoms with E-state index in [0.29, 0.717) is 53.7 Å². The van der Waals surface area contributed by atoms with Crippen molar-refractivity contribution < 1.29 is 32.3 Å². The van der Waals surface area contributed by atoms with Gasteiger partial charge in [0, 0.05) is 83.2 Å². The van der Waals surface area contributed by atoms with Crippen LogP contribution in [0, 0.1) is 18.8 Å². The summed E-state index contributed by atoms with van der Waals surface area (Å²) in [5, 5.41) is 22.3. The lowest BCUT2D eigenvalue weighted by Crippen LogP contribution is -2.52. The third-order valence-corrected chi connectivity index (χ3v) is 9.94. The van der Waals surface area contributed by atoms with Crippen molar-refractivity contribution in [2.45, 2.75) is 79.9 Å². The Bertz CT molecular complexity index is 2040. The number of nitrogens with zero attached hydrogens (tertiary/aromatic N) is 3. The van der Waals surface area contributed by atoms with E-state index in [-0.39, 0.29) is 27.0 Å². The molecule has 62 heavy (non-hydrogen) atoms. The molecule has 6 rings (SSSR count). The van der Waals surface area contributed by atoms with Crippen LogP contribution in [0.15, 0.2) is 89.6 Å². The molecule has 15 nitrogen and oxygen atoms in total. The van der Waals surface area contributed by atoms with Crippen molar-refractivity contribution in [2.75, 3.05) is 65.0 Å². The average Bonchev–Trinajstić information content (AvgIpc) is 3.77. The number of amidine groups is 1. The Morgan fingerprint density at radius 3 is 2.24 bits per heavy atom.